The Morgan fingerprint density at radius 1 is 0.875 bits per heavy atom. The predicted molar refractivity (Wildman–Crippen MR) is 95.1 cm³/mol. The Kier molecular flexibility index (Phi) is 2.80. The molecule has 0 aliphatic heterocycles. The van der Waals surface area contributed by atoms with Crippen molar-refractivity contribution in [3.05, 3.63) is 40.8 Å². The van der Waals surface area contributed by atoms with Crippen molar-refractivity contribution in [2.45, 2.75) is 39.5 Å². The molecule has 5 nitrogen and oxygen atoms in total. The summed E-state index contributed by atoms with van der Waals surface area (Å²) in [6.07, 6.45) is 6.57. The van der Waals surface area contributed by atoms with Crippen molar-refractivity contribution >= 4 is 21.8 Å². The zero-order valence-corrected chi connectivity index (χ0v) is 13.9. The van der Waals surface area contributed by atoms with E-state index >= 15 is 0 Å². The largest absolute Gasteiger partial charge is 0.282 e. The summed E-state index contributed by atoms with van der Waals surface area (Å²) < 4.78 is 0. The Hall–Kier alpha value is -2.69. The molecule has 24 heavy (non-hydrogen) atoms. The molecule has 120 valence electrons. The quantitative estimate of drug-likeness (QED) is 0.557. The Balaban J connectivity index is 1.96. The molecule has 0 radical (unpaired) electrons. The molecule has 1 aliphatic rings. The van der Waals surface area contributed by atoms with Gasteiger partial charge >= 0.3 is 0 Å². The van der Waals surface area contributed by atoms with E-state index in [1.807, 2.05) is 6.20 Å². The van der Waals surface area contributed by atoms with Crippen molar-refractivity contribution in [3.8, 4) is 11.3 Å². The average molecular weight is 317 g/mol. The highest BCUT2D eigenvalue weighted by Crippen LogP contribution is 2.38. The lowest BCUT2D eigenvalue weighted by atomic mass is 9.85. The molecule has 0 unspecified atom stereocenters. The predicted octanol–water partition coefficient (Wildman–Crippen LogP) is 4.00. The van der Waals surface area contributed by atoms with Gasteiger partial charge < -0.3 is 0 Å². The molecule has 0 atom stereocenters. The number of pyridine rings is 1. The highest BCUT2D eigenvalue weighted by atomic mass is 15.1. The molecular weight excluding hydrogens is 298 g/mol. The molecule has 4 aromatic rings. The topological polar surface area (TPSA) is 70.2 Å². The summed E-state index contributed by atoms with van der Waals surface area (Å²) in [6.45, 7) is 4.16. The smallest absolute Gasteiger partial charge is 0.0931 e. The van der Waals surface area contributed by atoms with Gasteiger partial charge in [0.15, 0.2) is 0 Å². The summed E-state index contributed by atoms with van der Waals surface area (Å²) >= 11 is 0. The minimum Gasteiger partial charge on any atom is -0.282 e. The summed E-state index contributed by atoms with van der Waals surface area (Å²) in [6, 6.07) is 4.17. The molecule has 0 saturated carbocycles. The highest BCUT2D eigenvalue weighted by Gasteiger charge is 2.23. The first-order valence-corrected chi connectivity index (χ1v) is 8.53. The van der Waals surface area contributed by atoms with Crippen molar-refractivity contribution in [2.75, 3.05) is 0 Å². The lowest BCUT2D eigenvalue weighted by Crippen LogP contribution is -2.08. The number of nitrogens with one attached hydrogen (secondary N) is 2. The molecule has 0 bridgehead atoms. The third-order valence-corrected chi connectivity index (χ3v) is 5.25. The Labute approximate surface area is 139 Å². The van der Waals surface area contributed by atoms with Crippen molar-refractivity contribution in [3.63, 3.8) is 0 Å². The minimum atomic E-state index is 1.03. The van der Waals surface area contributed by atoms with Crippen LogP contribution < -0.4 is 0 Å². The van der Waals surface area contributed by atoms with Gasteiger partial charge in [-0.15, -0.1) is 0 Å². The van der Waals surface area contributed by atoms with E-state index in [0.29, 0.717) is 0 Å². The number of aromatic nitrogens is 5. The van der Waals surface area contributed by atoms with Crippen molar-refractivity contribution in [1.82, 2.24) is 25.4 Å². The number of fused-ring (bicyclic) bond motifs is 5. The normalized spacial score (nSPS) is 14.4. The van der Waals surface area contributed by atoms with Gasteiger partial charge in [-0.05, 0) is 62.8 Å². The molecule has 1 aromatic carbocycles. The van der Waals surface area contributed by atoms with E-state index in [0.717, 1.165) is 46.5 Å². The Morgan fingerprint density at radius 2 is 1.67 bits per heavy atom. The summed E-state index contributed by atoms with van der Waals surface area (Å²) in [5, 5.41) is 17.3. The van der Waals surface area contributed by atoms with Crippen molar-refractivity contribution in [1.29, 1.82) is 0 Å². The van der Waals surface area contributed by atoms with Crippen LogP contribution >= 0.6 is 0 Å². The van der Waals surface area contributed by atoms with Crippen LogP contribution in [-0.2, 0) is 12.8 Å². The van der Waals surface area contributed by atoms with Crippen LogP contribution in [0.2, 0.25) is 0 Å². The number of nitrogens with zero attached hydrogens (tertiary/aromatic N) is 3. The van der Waals surface area contributed by atoms with E-state index in [4.69, 9.17) is 4.98 Å². The van der Waals surface area contributed by atoms with Crippen LogP contribution in [0.3, 0.4) is 0 Å². The van der Waals surface area contributed by atoms with E-state index in [1.165, 1.54) is 34.7 Å². The van der Waals surface area contributed by atoms with Gasteiger partial charge in [0.05, 0.1) is 22.9 Å². The van der Waals surface area contributed by atoms with Crippen molar-refractivity contribution < 1.29 is 0 Å². The maximum absolute atomic E-state index is 5.06. The van der Waals surface area contributed by atoms with E-state index in [2.05, 4.69) is 46.4 Å². The molecule has 0 fully saturated rings. The van der Waals surface area contributed by atoms with E-state index in [1.54, 1.807) is 0 Å². The number of hydrogen-bond donors (Lipinski definition) is 2. The average Bonchev–Trinajstić information content (AvgIpc) is 3.20. The lowest BCUT2D eigenvalue weighted by molar-refractivity contribution is 0.689. The van der Waals surface area contributed by atoms with Gasteiger partial charge in [-0.3, -0.25) is 10.2 Å². The van der Waals surface area contributed by atoms with Gasteiger partial charge in [0.1, 0.15) is 0 Å². The summed E-state index contributed by atoms with van der Waals surface area (Å²) in [7, 11) is 0. The van der Waals surface area contributed by atoms with Gasteiger partial charge in [0, 0.05) is 27.7 Å². The monoisotopic (exact) mass is 317 g/mol. The molecule has 3 heterocycles. The van der Waals surface area contributed by atoms with Crippen LogP contribution in [0.15, 0.2) is 18.3 Å². The zero-order chi connectivity index (χ0) is 16.3. The first-order chi connectivity index (χ1) is 11.7. The standard InChI is InChI=1S/C19H19N5/c1-10-14(9-20-22-10)19-13-6-4-3-5-12(13)18-15(21-19)7-8-16-17(18)11(2)23-24-16/h7-9H,3-6H2,1-2H3,(H,20,22)(H,23,24). The number of rotatable bonds is 1. The highest BCUT2D eigenvalue weighted by molar-refractivity contribution is 6.09. The second-order valence-corrected chi connectivity index (χ2v) is 6.74. The lowest BCUT2D eigenvalue weighted by Gasteiger charge is -2.21. The SMILES string of the molecule is Cc1[nH]ncc1-c1nc2ccc3n[nH]c(C)c3c2c2c1CCCC2. The Morgan fingerprint density at radius 3 is 2.46 bits per heavy atom. The number of aromatic amines is 2. The first-order valence-electron chi connectivity index (χ1n) is 8.53. The molecule has 0 saturated heterocycles. The third kappa shape index (κ3) is 1.78. The maximum atomic E-state index is 5.06. The van der Waals surface area contributed by atoms with Crippen LogP contribution in [0.1, 0.15) is 35.4 Å². The van der Waals surface area contributed by atoms with Crippen LogP contribution in [0.4, 0.5) is 0 Å². The second-order valence-electron chi connectivity index (χ2n) is 6.74. The molecule has 0 spiro atoms. The summed E-state index contributed by atoms with van der Waals surface area (Å²) in [5.74, 6) is 0. The van der Waals surface area contributed by atoms with E-state index in [-0.39, 0.29) is 0 Å². The van der Waals surface area contributed by atoms with Crippen LogP contribution in [0.25, 0.3) is 33.1 Å². The molecule has 5 rings (SSSR count). The van der Waals surface area contributed by atoms with Crippen molar-refractivity contribution in [2.24, 2.45) is 0 Å². The van der Waals surface area contributed by atoms with Gasteiger partial charge in [-0.1, -0.05) is 0 Å². The molecular formula is C19H19N5. The summed E-state index contributed by atoms with van der Waals surface area (Å²) in [4.78, 5) is 5.06. The molecule has 2 N–H and O–H groups in total. The zero-order valence-electron chi connectivity index (χ0n) is 13.9. The van der Waals surface area contributed by atoms with Crippen LogP contribution in [0.5, 0.6) is 0 Å². The number of benzene rings is 1. The maximum Gasteiger partial charge on any atom is 0.0931 e. The minimum absolute atomic E-state index is 1.03. The van der Waals surface area contributed by atoms with Gasteiger partial charge in [-0.25, -0.2) is 4.98 Å². The fourth-order valence-corrected chi connectivity index (χ4v) is 4.09. The molecule has 1 aliphatic carbocycles. The van der Waals surface area contributed by atoms with E-state index < -0.39 is 0 Å². The molecule has 5 heteroatoms. The van der Waals surface area contributed by atoms with Gasteiger partial charge in [0.2, 0.25) is 0 Å². The second kappa shape index (κ2) is 4.90. The van der Waals surface area contributed by atoms with Crippen LogP contribution in [0, 0.1) is 13.8 Å². The first kappa shape index (κ1) is 13.7. The van der Waals surface area contributed by atoms with Gasteiger partial charge in [-0.2, -0.15) is 10.2 Å². The Bertz CT molecular complexity index is 1090. The number of H-pyrrole nitrogens is 2. The van der Waals surface area contributed by atoms with E-state index in [9.17, 15) is 0 Å². The third-order valence-electron chi connectivity index (χ3n) is 5.25. The molecule has 0 amide bonds. The summed E-state index contributed by atoms with van der Waals surface area (Å²) in [5.41, 5.74) is 9.36. The van der Waals surface area contributed by atoms with Gasteiger partial charge in [0.25, 0.3) is 0 Å². The fourth-order valence-electron chi connectivity index (χ4n) is 4.09. The number of aryl methyl sites for hydroxylation is 3. The van der Waals surface area contributed by atoms with Crippen LogP contribution in [-0.4, -0.2) is 25.4 Å². The fraction of sp³-hybridized carbons (Fsp3) is 0.316. The number of hydrogen-bond acceptors (Lipinski definition) is 3. The molecule has 3 aromatic heterocycles.